The van der Waals surface area contributed by atoms with Crippen molar-refractivity contribution >= 4 is 12.1 Å². The minimum Gasteiger partial charge on any atom is -0.477 e. The molecule has 0 aromatic heterocycles. The molecule has 1 rings (SSSR count). The Bertz CT molecular complexity index is 479. The first kappa shape index (κ1) is 14.8. The van der Waals surface area contributed by atoms with E-state index in [-0.39, 0.29) is 12.3 Å². The molecule has 0 heterocycles. The van der Waals surface area contributed by atoms with Crippen LogP contribution in [0.2, 0.25) is 0 Å². The SMILES string of the molecule is CC/C(C)=C(\NC(=O)OCc1ccccc1)C(=O)O. The van der Waals surface area contributed by atoms with Gasteiger partial charge in [0.05, 0.1) is 0 Å². The van der Waals surface area contributed by atoms with Crippen molar-refractivity contribution in [3.63, 3.8) is 0 Å². The van der Waals surface area contributed by atoms with Crippen LogP contribution in [0.5, 0.6) is 0 Å². The molecule has 0 bridgehead atoms. The van der Waals surface area contributed by atoms with E-state index >= 15 is 0 Å². The summed E-state index contributed by atoms with van der Waals surface area (Å²) in [6.45, 7) is 3.57. The van der Waals surface area contributed by atoms with E-state index in [4.69, 9.17) is 9.84 Å². The predicted molar refractivity (Wildman–Crippen MR) is 70.4 cm³/mol. The second-order valence-corrected chi connectivity index (χ2v) is 4.00. The highest BCUT2D eigenvalue weighted by atomic mass is 16.5. The summed E-state index contributed by atoms with van der Waals surface area (Å²) in [6, 6.07) is 9.16. The smallest absolute Gasteiger partial charge is 0.412 e. The molecule has 19 heavy (non-hydrogen) atoms. The van der Waals surface area contributed by atoms with Crippen LogP contribution in [0.3, 0.4) is 0 Å². The van der Waals surface area contributed by atoms with E-state index in [2.05, 4.69) is 5.32 Å². The van der Waals surface area contributed by atoms with E-state index in [0.29, 0.717) is 12.0 Å². The number of hydrogen-bond donors (Lipinski definition) is 2. The lowest BCUT2D eigenvalue weighted by molar-refractivity contribution is -0.133. The molecule has 0 spiro atoms. The molecule has 1 aromatic carbocycles. The zero-order valence-corrected chi connectivity index (χ0v) is 11.0. The third-order valence-electron chi connectivity index (χ3n) is 2.61. The zero-order valence-electron chi connectivity index (χ0n) is 11.0. The Morgan fingerprint density at radius 2 is 1.89 bits per heavy atom. The molecule has 0 saturated carbocycles. The standard InChI is InChI=1S/C14H17NO4/c1-3-10(2)12(13(16)17)15-14(18)19-9-11-7-5-4-6-8-11/h4-8H,3,9H2,1-2H3,(H,15,18)(H,16,17)/b12-10-. The number of hydrogen-bond acceptors (Lipinski definition) is 3. The molecule has 2 N–H and O–H groups in total. The Kier molecular flexibility index (Phi) is 5.60. The molecule has 0 saturated heterocycles. The average molecular weight is 263 g/mol. The lowest BCUT2D eigenvalue weighted by Crippen LogP contribution is -2.29. The van der Waals surface area contributed by atoms with Crippen LogP contribution in [0.4, 0.5) is 4.79 Å². The summed E-state index contributed by atoms with van der Waals surface area (Å²) in [5.41, 5.74) is 1.30. The first-order valence-corrected chi connectivity index (χ1v) is 5.95. The molecule has 1 amide bonds. The highest BCUT2D eigenvalue weighted by molar-refractivity contribution is 5.91. The van der Waals surface area contributed by atoms with Gasteiger partial charge >= 0.3 is 12.1 Å². The van der Waals surface area contributed by atoms with Crippen molar-refractivity contribution in [3.8, 4) is 0 Å². The van der Waals surface area contributed by atoms with E-state index < -0.39 is 12.1 Å². The second kappa shape index (κ2) is 7.20. The molecule has 102 valence electrons. The largest absolute Gasteiger partial charge is 0.477 e. The van der Waals surface area contributed by atoms with Crippen LogP contribution in [-0.2, 0) is 16.1 Å². The van der Waals surface area contributed by atoms with Gasteiger partial charge < -0.3 is 9.84 Å². The fraction of sp³-hybridized carbons (Fsp3) is 0.286. The minimum atomic E-state index is -1.17. The zero-order chi connectivity index (χ0) is 14.3. The van der Waals surface area contributed by atoms with Gasteiger partial charge in [-0.3, -0.25) is 5.32 Å². The maximum absolute atomic E-state index is 11.5. The highest BCUT2D eigenvalue weighted by Crippen LogP contribution is 2.06. The minimum absolute atomic E-state index is 0.102. The average Bonchev–Trinajstić information content (AvgIpc) is 2.42. The van der Waals surface area contributed by atoms with Gasteiger partial charge in [-0.15, -0.1) is 0 Å². The number of nitrogens with one attached hydrogen (secondary N) is 1. The van der Waals surface area contributed by atoms with Gasteiger partial charge in [0.15, 0.2) is 0 Å². The molecule has 0 aliphatic rings. The van der Waals surface area contributed by atoms with Gasteiger partial charge in [-0.25, -0.2) is 9.59 Å². The van der Waals surface area contributed by atoms with Crippen molar-refractivity contribution in [1.82, 2.24) is 5.32 Å². The molecular weight excluding hydrogens is 246 g/mol. The summed E-state index contributed by atoms with van der Waals surface area (Å²) in [7, 11) is 0. The Labute approximate surface area is 111 Å². The van der Waals surface area contributed by atoms with Crippen LogP contribution in [0, 0.1) is 0 Å². The molecule has 5 heteroatoms. The summed E-state index contributed by atoms with van der Waals surface area (Å²) in [5, 5.41) is 11.2. The van der Waals surface area contributed by atoms with Gasteiger partial charge in [-0.05, 0) is 24.5 Å². The maximum Gasteiger partial charge on any atom is 0.412 e. The number of ether oxygens (including phenoxy) is 1. The lowest BCUT2D eigenvalue weighted by Gasteiger charge is -2.09. The Balaban J connectivity index is 2.57. The monoisotopic (exact) mass is 263 g/mol. The number of carbonyl (C=O) groups is 2. The fourth-order valence-electron chi connectivity index (χ4n) is 1.38. The topological polar surface area (TPSA) is 75.6 Å². The Morgan fingerprint density at radius 1 is 1.26 bits per heavy atom. The lowest BCUT2D eigenvalue weighted by atomic mass is 10.2. The molecule has 0 unspecified atom stereocenters. The van der Waals surface area contributed by atoms with Gasteiger partial charge in [-0.2, -0.15) is 0 Å². The Morgan fingerprint density at radius 3 is 2.42 bits per heavy atom. The van der Waals surface area contributed by atoms with Crippen molar-refractivity contribution in [3.05, 3.63) is 47.2 Å². The van der Waals surface area contributed by atoms with Gasteiger partial charge in [0, 0.05) is 0 Å². The molecular formula is C14H17NO4. The third-order valence-corrected chi connectivity index (χ3v) is 2.61. The number of rotatable bonds is 5. The summed E-state index contributed by atoms with van der Waals surface area (Å²) in [5.74, 6) is -1.17. The van der Waals surface area contributed by atoms with Gasteiger partial charge in [0.25, 0.3) is 0 Å². The second-order valence-electron chi connectivity index (χ2n) is 4.00. The van der Waals surface area contributed by atoms with Crippen molar-refractivity contribution in [1.29, 1.82) is 0 Å². The van der Waals surface area contributed by atoms with Crippen LogP contribution in [0.25, 0.3) is 0 Å². The number of carboxylic acids is 1. The fourth-order valence-corrected chi connectivity index (χ4v) is 1.38. The molecule has 0 atom stereocenters. The van der Waals surface area contributed by atoms with E-state index in [1.54, 1.807) is 6.92 Å². The summed E-state index contributed by atoms with van der Waals surface area (Å²) < 4.78 is 4.96. The highest BCUT2D eigenvalue weighted by Gasteiger charge is 2.14. The number of aliphatic carboxylic acids is 1. The molecule has 5 nitrogen and oxygen atoms in total. The molecule has 1 aromatic rings. The number of benzene rings is 1. The van der Waals surface area contributed by atoms with E-state index in [9.17, 15) is 9.59 Å². The normalized spacial score (nSPS) is 11.5. The van der Waals surface area contributed by atoms with Crippen LogP contribution in [0.1, 0.15) is 25.8 Å². The summed E-state index contributed by atoms with van der Waals surface area (Å²) >= 11 is 0. The van der Waals surface area contributed by atoms with Crippen molar-refractivity contribution in [2.45, 2.75) is 26.9 Å². The van der Waals surface area contributed by atoms with Crippen molar-refractivity contribution in [2.24, 2.45) is 0 Å². The van der Waals surface area contributed by atoms with Gasteiger partial charge in [0.1, 0.15) is 12.3 Å². The number of amides is 1. The maximum atomic E-state index is 11.5. The van der Waals surface area contributed by atoms with Crippen LogP contribution in [-0.4, -0.2) is 17.2 Å². The van der Waals surface area contributed by atoms with Crippen LogP contribution in [0.15, 0.2) is 41.6 Å². The molecule has 0 radical (unpaired) electrons. The van der Waals surface area contributed by atoms with Crippen molar-refractivity contribution < 1.29 is 19.4 Å². The molecule has 0 aliphatic heterocycles. The van der Waals surface area contributed by atoms with Crippen molar-refractivity contribution in [2.75, 3.05) is 0 Å². The number of carbonyl (C=O) groups excluding carboxylic acids is 1. The van der Waals surface area contributed by atoms with Gasteiger partial charge in [0.2, 0.25) is 0 Å². The number of carboxylic acid groups (broad SMARTS) is 1. The Hall–Kier alpha value is -2.30. The summed E-state index contributed by atoms with van der Waals surface area (Å²) in [6.07, 6.45) is -0.227. The van der Waals surface area contributed by atoms with E-state index in [1.165, 1.54) is 0 Å². The van der Waals surface area contributed by atoms with Gasteiger partial charge in [-0.1, -0.05) is 37.3 Å². The quantitative estimate of drug-likeness (QED) is 0.801. The summed E-state index contributed by atoms with van der Waals surface area (Å²) in [4.78, 5) is 22.5. The molecule has 0 aliphatic carbocycles. The van der Waals surface area contributed by atoms with Crippen LogP contribution < -0.4 is 5.32 Å². The first-order valence-electron chi connectivity index (χ1n) is 5.95. The first-order chi connectivity index (χ1) is 9.04. The number of allylic oxidation sites excluding steroid dienone is 1. The third kappa shape index (κ3) is 4.83. The predicted octanol–water partition coefficient (Wildman–Crippen LogP) is 2.68. The molecule has 0 fully saturated rings. The van der Waals surface area contributed by atoms with E-state index in [1.807, 2.05) is 37.3 Å². The van der Waals surface area contributed by atoms with E-state index in [0.717, 1.165) is 5.56 Å². The van der Waals surface area contributed by atoms with Crippen LogP contribution >= 0.6 is 0 Å². The number of alkyl carbamates (subject to hydrolysis) is 1.